The van der Waals surface area contributed by atoms with E-state index in [0.717, 1.165) is 48.1 Å². The maximum atomic E-state index is 16.0. The number of alkyl halides is 1. The molecule has 0 aliphatic carbocycles. The number of anilines is 2. The fourth-order valence-corrected chi connectivity index (χ4v) is 8.31. The van der Waals surface area contributed by atoms with E-state index in [1.54, 1.807) is 29.0 Å². The quantitative estimate of drug-likeness (QED) is 0.213. The molecule has 5 aromatic rings. The van der Waals surface area contributed by atoms with Crippen LogP contribution in [0.15, 0.2) is 61.2 Å². The summed E-state index contributed by atoms with van der Waals surface area (Å²) in [5.41, 5.74) is 2.94. The van der Waals surface area contributed by atoms with Crippen molar-refractivity contribution < 1.29 is 28.3 Å². The molecule has 0 spiro atoms. The summed E-state index contributed by atoms with van der Waals surface area (Å²) < 4.78 is 25.7. The molecule has 2 aromatic carbocycles. The number of piperidine rings is 2. The minimum absolute atomic E-state index is 0.128. The molecule has 55 heavy (non-hydrogen) atoms. The number of imide groups is 1. The van der Waals surface area contributed by atoms with Crippen LogP contribution in [-0.2, 0) is 16.1 Å². The van der Waals surface area contributed by atoms with Crippen LogP contribution < -0.4 is 20.3 Å². The van der Waals surface area contributed by atoms with Crippen molar-refractivity contribution in [2.45, 2.75) is 69.9 Å². The first-order chi connectivity index (χ1) is 26.5. The van der Waals surface area contributed by atoms with Gasteiger partial charge in [0.15, 0.2) is 11.3 Å². The second-order valence-corrected chi connectivity index (χ2v) is 15.3. The minimum Gasteiger partial charge on any atom is -0.489 e. The Hall–Kier alpha value is -5.90. The van der Waals surface area contributed by atoms with Crippen molar-refractivity contribution in [3.05, 3.63) is 77.9 Å². The normalized spacial score (nSPS) is 20.3. The van der Waals surface area contributed by atoms with Crippen LogP contribution in [0.4, 0.5) is 15.8 Å². The van der Waals surface area contributed by atoms with Crippen molar-refractivity contribution >= 4 is 51.6 Å². The van der Waals surface area contributed by atoms with E-state index in [0.29, 0.717) is 41.2 Å². The SMILES string of the molecule is CC(C)Oc1cc2nn(C3CCN(CC4(F)CN(c5ccc6c(c5)CN(C5CCC(=O)NC5=O)C6=O)C4)CC3)cc2cc1NC(=O)c1cnn2cccnc12. The lowest BCUT2D eigenvalue weighted by molar-refractivity contribution is -0.136. The largest absolute Gasteiger partial charge is 0.489 e. The second-order valence-electron chi connectivity index (χ2n) is 15.3. The van der Waals surface area contributed by atoms with Gasteiger partial charge in [-0.2, -0.15) is 10.2 Å². The summed E-state index contributed by atoms with van der Waals surface area (Å²) in [6.07, 6.45) is 8.86. The van der Waals surface area contributed by atoms with Crippen molar-refractivity contribution in [2.24, 2.45) is 0 Å². The Morgan fingerprint density at radius 2 is 1.93 bits per heavy atom. The van der Waals surface area contributed by atoms with E-state index in [1.807, 2.05) is 53.9 Å². The first-order valence-corrected chi connectivity index (χ1v) is 18.7. The highest BCUT2D eigenvalue weighted by molar-refractivity contribution is 6.09. The molecule has 4 aliphatic heterocycles. The van der Waals surface area contributed by atoms with Gasteiger partial charge >= 0.3 is 0 Å². The molecule has 7 heterocycles. The number of nitrogens with one attached hydrogen (secondary N) is 2. The lowest BCUT2D eigenvalue weighted by atomic mass is 9.92. The molecule has 1 unspecified atom stereocenters. The highest BCUT2D eigenvalue weighted by atomic mass is 19.1. The minimum atomic E-state index is -1.35. The van der Waals surface area contributed by atoms with Gasteiger partial charge in [-0.15, -0.1) is 0 Å². The van der Waals surface area contributed by atoms with Gasteiger partial charge in [-0.05, 0) is 69.0 Å². The summed E-state index contributed by atoms with van der Waals surface area (Å²) in [4.78, 5) is 60.5. The third-order valence-corrected chi connectivity index (χ3v) is 11.0. The number of nitrogens with zero attached hydrogens (tertiary/aromatic N) is 8. The van der Waals surface area contributed by atoms with Gasteiger partial charge in [-0.3, -0.25) is 34.1 Å². The van der Waals surface area contributed by atoms with Crippen LogP contribution in [0.5, 0.6) is 5.75 Å². The van der Waals surface area contributed by atoms with Crippen LogP contribution in [0.2, 0.25) is 0 Å². The van der Waals surface area contributed by atoms with E-state index in [4.69, 9.17) is 9.84 Å². The molecular weight excluding hydrogens is 707 g/mol. The van der Waals surface area contributed by atoms with Crippen molar-refractivity contribution in [1.29, 1.82) is 0 Å². The number of hydrogen-bond donors (Lipinski definition) is 2. The average Bonchev–Trinajstić information content (AvgIpc) is 3.86. The van der Waals surface area contributed by atoms with E-state index < -0.39 is 17.6 Å². The topological polar surface area (TPSA) is 159 Å². The Kier molecular flexibility index (Phi) is 8.51. The molecular formula is C39H41FN10O5. The lowest BCUT2D eigenvalue weighted by Gasteiger charge is -2.48. The maximum Gasteiger partial charge on any atom is 0.261 e. The summed E-state index contributed by atoms with van der Waals surface area (Å²) in [6.45, 7) is 6.47. The van der Waals surface area contributed by atoms with E-state index in [9.17, 15) is 19.2 Å². The lowest BCUT2D eigenvalue weighted by Crippen LogP contribution is -2.64. The Morgan fingerprint density at radius 3 is 2.71 bits per heavy atom. The first kappa shape index (κ1) is 34.8. The number of carbonyl (C=O) groups is 4. The predicted octanol–water partition coefficient (Wildman–Crippen LogP) is 3.74. The van der Waals surface area contributed by atoms with Gasteiger partial charge < -0.3 is 19.9 Å². The zero-order valence-electron chi connectivity index (χ0n) is 30.6. The predicted molar refractivity (Wildman–Crippen MR) is 200 cm³/mol. The number of fused-ring (bicyclic) bond motifs is 3. The highest BCUT2D eigenvalue weighted by Crippen LogP contribution is 2.37. The molecule has 2 N–H and O–H groups in total. The highest BCUT2D eigenvalue weighted by Gasteiger charge is 2.46. The number of amides is 4. The van der Waals surface area contributed by atoms with Gasteiger partial charge in [0.25, 0.3) is 11.8 Å². The van der Waals surface area contributed by atoms with Crippen LogP contribution in [0.3, 0.4) is 0 Å². The summed E-state index contributed by atoms with van der Waals surface area (Å²) in [7, 11) is 0. The summed E-state index contributed by atoms with van der Waals surface area (Å²) >= 11 is 0. The van der Waals surface area contributed by atoms with Crippen molar-refractivity contribution in [1.82, 2.24) is 39.5 Å². The van der Waals surface area contributed by atoms with E-state index >= 15 is 4.39 Å². The Morgan fingerprint density at radius 1 is 1.11 bits per heavy atom. The number of likely N-dealkylation sites (tertiary alicyclic amines) is 1. The summed E-state index contributed by atoms with van der Waals surface area (Å²) in [5, 5.41) is 15.3. The Labute approximate surface area is 315 Å². The molecule has 15 nitrogen and oxygen atoms in total. The van der Waals surface area contributed by atoms with E-state index in [-0.39, 0.29) is 55.9 Å². The van der Waals surface area contributed by atoms with Crippen LogP contribution in [-0.4, -0.2) is 108 Å². The number of rotatable bonds is 9. The average molecular weight is 749 g/mol. The third kappa shape index (κ3) is 6.53. The monoisotopic (exact) mass is 748 g/mol. The number of halogens is 1. The van der Waals surface area contributed by atoms with E-state index in [2.05, 4.69) is 25.6 Å². The molecule has 3 saturated heterocycles. The zero-order chi connectivity index (χ0) is 38.0. The molecule has 0 bridgehead atoms. The summed E-state index contributed by atoms with van der Waals surface area (Å²) in [5.74, 6) is -0.801. The zero-order valence-corrected chi connectivity index (χ0v) is 30.6. The molecule has 3 aromatic heterocycles. The third-order valence-electron chi connectivity index (χ3n) is 11.0. The second kappa shape index (κ2) is 13.4. The first-order valence-electron chi connectivity index (χ1n) is 18.7. The van der Waals surface area contributed by atoms with Gasteiger partial charge in [0, 0.05) is 73.9 Å². The molecule has 4 amide bonds. The molecule has 1 atom stereocenters. The fraction of sp³-hybridized carbons (Fsp3) is 0.410. The van der Waals surface area contributed by atoms with Gasteiger partial charge in [0.2, 0.25) is 11.8 Å². The molecule has 16 heteroatoms. The molecule has 284 valence electrons. The standard InChI is InChI=1S/C39H41FN10O5/c1-23(2)55-33-16-30-25(15-31(33)43-36(52)29-17-42-49-11-3-10-41-35(29)49)19-50(45-30)26-8-12-46(13-9-26)20-39(40)21-47(22-39)27-4-5-28-24(14-27)18-48(38(28)54)32-6-7-34(51)44-37(32)53/h3-5,10-11,14-17,19,23,26,32H,6-9,12-13,18,20-22H2,1-2H3,(H,43,52)(H,44,51,53). The molecule has 9 rings (SSSR count). The van der Waals surface area contributed by atoms with Crippen LogP contribution >= 0.6 is 0 Å². The Balaban J connectivity index is 0.814. The number of ether oxygens (including phenoxy) is 1. The number of benzene rings is 2. The smallest absolute Gasteiger partial charge is 0.261 e. The van der Waals surface area contributed by atoms with Gasteiger partial charge in [0.05, 0.1) is 42.6 Å². The molecule has 3 fully saturated rings. The van der Waals surface area contributed by atoms with Crippen molar-refractivity contribution in [2.75, 3.05) is 42.9 Å². The molecule has 4 aliphatic rings. The van der Waals surface area contributed by atoms with Crippen LogP contribution in [0.1, 0.15) is 71.9 Å². The molecule has 0 saturated carbocycles. The van der Waals surface area contributed by atoms with Crippen LogP contribution in [0, 0.1) is 0 Å². The molecule has 0 radical (unpaired) electrons. The number of hydrogen-bond acceptors (Lipinski definition) is 10. The maximum absolute atomic E-state index is 16.0. The van der Waals surface area contributed by atoms with Crippen LogP contribution in [0.25, 0.3) is 16.6 Å². The summed E-state index contributed by atoms with van der Waals surface area (Å²) in [6, 6.07) is 10.5. The number of carbonyl (C=O) groups excluding carboxylic acids is 4. The van der Waals surface area contributed by atoms with Gasteiger partial charge in [-0.25, -0.2) is 13.9 Å². The van der Waals surface area contributed by atoms with Gasteiger partial charge in [0.1, 0.15) is 17.4 Å². The Bertz CT molecular complexity index is 2360. The van der Waals surface area contributed by atoms with Crippen molar-refractivity contribution in [3.8, 4) is 5.75 Å². The number of aromatic nitrogens is 5. The van der Waals surface area contributed by atoms with Crippen molar-refractivity contribution in [3.63, 3.8) is 0 Å². The fourth-order valence-electron chi connectivity index (χ4n) is 8.31. The van der Waals surface area contributed by atoms with E-state index in [1.165, 1.54) is 11.1 Å². The van der Waals surface area contributed by atoms with Gasteiger partial charge in [-0.1, -0.05) is 0 Å².